The van der Waals surface area contributed by atoms with Crippen LogP contribution in [0.15, 0.2) is 121 Å². The summed E-state index contributed by atoms with van der Waals surface area (Å²) in [4.78, 5) is 0. The van der Waals surface area contributed by atoms with Gasteiger partial charge in [0.1, 0.15) is 12.3 Å². The Hall–Kier alpha value is -2.26. The molecule has 0 radical (unpaired) electrons. The van der Waals surface area contributed by atoms with Gasteiger partial charge < -0.3 is 0 Å². The molecule has 0 spiro atoms. The Morgan fingerprint density at radius 2 is 0.462 bits per heavy atom. The highest BCUT2D eigenvalue weighted by Crippen LogP contribution is 2.64. The highest BCUT2D eigenvalue weighted by Gasteiger charge is 2.49. The summed E-state index contributed by atoms with van der Waals surface area (Å²) in [7, 11) is -3.30. The maximum atomic E-state index is 2.49. The van der Waals surface area contributed by atoms with E-state index in [4.69, 9.17) is 0 Å². The molecule has 2 heteroatoms. The number of unbranched alkanes of at least 4 members (excludes halogenated alkanes) is 18. The summed E-state index contributed by atoms with van der Waals surface area (Å²) in [5, 5.41) is 6.48. The van der Waals surface area contributed by atoms with Gasteiger partial charge in [0.25, 0.3) is 0 Å². The Morgan fingerprint density at radius 3 is 0.692 bits per heavy atom. The summed E-state index contributed by atoms with van der Waals surface area (Å²) in [5.41, 5.74) is 0. The Balaban J connectivity index is 1.57. The van der Waals surface area contributed by atoms with Crippen LogP contribution in [0.25, 0.3) is 0 Å². The predicted molar refractivity (Wildman–Crippen MR) is 241 cm³/mol. The van der Waals surface area contributed by atoms with Gasteiger partial charge in [-0.3, -0.25) is 0 Å². The van der Waals surface area contributed by atoms with Crippen LogP contribution in [0, 0.1) is 0 Å². The Labute approximate surface area is 322 Å². The molecule has 0 bridgehead atoms. The topological polar surface area (TPSA) is 0 Å². The van der Waals surface area contributed by atoms with Crippen LogP contribution in [-0.4, -0.2) is 24.6 Å². The fourth-order valence-corrected chi connectivity index (χ4v) is 18.8. The van der Waals surface area contributed by atoms with Crippen molar-refractivity contribution in [3.63, 3.8) is 0 Å². The molecule has 0 amide bonds. The predicted octanol–water partition coefficient (Wildman–Crippen LogP) is 14.2. The molecule has 0 unspecified atom stereocenters. The van der Waals surface area contributed by atoms with Crippen molar-refractivity contribution >= 4 is 35.7 Å². The molecule has 4 rings (SSSR count). The minimum atomic E-state index is -1.65. The Kier molecular flexibility index (Phi) is 21.0. The highest BCUT2D eigenvalue weighted by atomic mass is 31.2. The van der Waals surface area contributed by atoms with Crippen LogP contribution in [0.2, 0.25) is 0 Å². The first-order chi connectivity index (χ1) is 25.7. The molecule has 0 nitrogen and oxygen atoms in total. The fraction of sp³-hybridized carbons (Fsp3) is 0.520. The fourth-order valence-electron chi connectivity index (χ4n) is 8.49. The summed E-state index contributed by atoms with van der Waals surface area (Å²) in [6.07, 6.45) is 33.2. The number of rotatable bonds is 29. The third kappa shape index (κ3) is 13.9. The van der Waals surface area contributed by atoms with E-state index in [0.29, 0.717) is 0 Å². The van der Waals surface area contributed by atoms with E-state index in [-0.39, 0.29) is 0 Å². The summed E-state index contributed by atoms with van der Waals surface area (Å²) < 4.78 is 0. The van der Waals surface area contributed by atoms with Crippen molar-refractivity contribution in [1.29, 1.82) is 0 Å². The lowest BCUT2D eigenvalue weighted by atomic mass is 10.1. The van der Waals surface area contributed by atoms with Crippen LogP contribution in [0.4, 0.5) is 0 Å². The molecule has 0 saturated carbocycles. The van der Waals surface area contributed by atoms with Crippen LogP contribution >= 0.6 is 14.5 Å². The summed E-state index contributed by atoms with van der Waals surface area (Å²) in [6.45, 7) is 4.63. The van der Waals surface area contributed by atoms with Gasteiger partial charge in [0.05, 0.1) is 48.1 Å². The third-order valence-corrected chi connectivity index (χ3v) is 21.3. The van der Waals surface area contributed by atoms with Crippen molar-refractivity contribution in [2.75, 3.05) is 24.6 Å². The standard InChI is InChI=1S/C50H74P2/c1-3-5-7-9-11-13-15-17-19-33-43-51(47-35-25-21-26-36-47,48-37-27-22-28-38-48)45-46-52(49-39-29-23-30-40-49,50-41-31-24-32-42-50)44-34-20-18-16-14-12-10-8-6-4-2/h21-32,35-42H,3-20,33-34,43-46H2,1-2H3/q+2. The third-order valence-electron chi connectivity index (χ3n) is 11.7. The van der Waals surface area contributed by atoms with Gasteiger partial charge >= 0.3 is 0 Å². The molecule has 52 heavy (non-hydrogen) atoms. The second-order valence-corrected chi connectivity index (χ2v) is 23.3. The maximum absolute atomic E-state index is 2.49. The van der Waals surface area contributed by atoms with Crippen molar-refractivity contribution in [1.82, 2.24) is 0 Å². The smallest absolute Gasteiger partial charge is 0.0654 e. The second-order valence-electron chi connectivity index (χ2n) is 15.5. The van der Waals surface area contributed by atoms with E-state index in [1.807, 2.05) is 0 Å². The second kappa shape index (κ2) is 25.7. The molecule has 0 fully saturated rings. The van der Waals surface area contributed by atoms with Gasteiger partial charge in [0.15, 0.2) is 0 Å². The quantitative estimate of drug-likeness (QED) is 0.0385. The zero-order valence-electron chi connectivity index (χ0n) is 33.4. The lowest BCUT2D eigenvalue weighted by Gasteiger charge is -2.32. The molecule has 4 aromatic rings. The first kappa shape index (κ1) is 42.5. The molecule has 0 aliphatic rings. The normalized spacial score (nSPS) is 12.0. The van der Waals surface area contributed by atoms with Crippen LogP contribution < -0.4 is 21.2 Å². The first-order valence-electron chi connectivity index (χ1n) is 21.7. The molecule has 0 atom stereocenters. The van der Waals surface area contributed by atoms with E-state index in [0.717, 1.165) is 0 Å². The number of hydrogen-bond donors (Lipinski definition) is 0. The van der Waals surface area contributed by atoms with Crippen molar-refractivity contribution < 1.29 is 0 Å². The van der Waals surface area contributed by atoms with Gasteiger partial charge in [-0.2, -0.15) is 0 Å². The van der Waals surface area contributed by atoms with Crippen molar-refractivity contribution in [3.8, 4) is 0 Å². The minimum absolute atomic E-state index is 1.30. The van der Waals surface area contributed by atoms with Crippen LogP contribution in [0.5, 0.6) is 0 Å². The average molecular weight is 737 g/mol. The van der Waals surface area contributed by atoms with Gasteiger partial charge in [-0.25, -0.2) is 0 Å². The minimum Gasteiger partial charge on any atom is -0.0654 e. The Morgan fingerprint density at radius 1 is 0.250 bits per heavy atom. The monoisotopic (exact) mass is 737 g/mol. The molecular formula is C50H74P2+2. The van der Waals surface area contributed by atoms with E-state index >= 15 is 0 Å². The Bertz CT molecular complexity index is 1210. The van der Waals surface area contributed by atoms with E-state index < -0.39 is 14.5 Å². The molecular weight excluding hydrogens is 662 g/mol. The van der Waals surface area contributed by atoms with Gasteiger partial charge in [-0.05, 0) is 74.2 Å². The van der Waals surface area contributed by atoms with Gasteiger partial charge in [0, 0.05) is 0 Å². The van der Waals surface area contributed by atoms with E-state index in [9.17, 15) is 0 Å². The van der Waals surface area contributed by atoms with Crippen molar-refractivity contribution in [2.45, 2.75) is 142 Å². The van der Waals surface area contributed by atoms with Crippen LogP contribution in [0.3, 0.4) is 0 Å². The average Bonchev–Trinajstić information content (AvgIpc) is 3.21. The molecule has 0 aromatic heterocycles. The highest BCUT2D eigenvalue weighted by molar-refractivity contribution is 7.93. The molecule has 282 valence electrons. The van der Waals surface area contributed by atoms with E-state index in [2.05, 4.69) is 135 Å². The first-order valence-corrected chi connectivity index (χ1v) is 26.0. The SMILES string of the molecule is CCCCCCCCCCCC[P+](CC[P+](CCCCCCCCCCCC)(c1ccccc1)c1ccccc1)(c1ccccc1)c1ccccc1. The molecule has 4 aromatic carbocycles. The zero-order valence-corrected chi connectivity index (χ0v) is 35.2. The van der Waals surface area contributed by atoms with Crippen LogP contribution in [-0.2, 0) is 0 Å². The number of hydrogen-bond acceptors (Lipinski definition) is 0. The number of benzene rings is 4. The summed E-state index contributed by atoms with van der Waals surface area (Å²) in [5.74, 6) is 0. The lowest BCUT2D eigenvalue weighted by molar-refractivity contribution is 0.562. The summed E-state index contributed by atoms with van der Waals surface area (Å²) >= 11 is 0. The van der Waals surface area contributed by atoms with Gasteiger partial charge in [-0.15, -0.1) is 0 Å². The molecule has 0 heterocycles. The molecule has 0 N–H and O–H groups in total. The van der Waals surface area contributed by atoms with E-state index in [1.54, 1.807) is 21.2 Å². The molecule has 0 aliphatic carbocycles. The van der Waals surface area contributed by atoms with Gasteiger partial charge in [-0.1, -0.05) is 189 Å². The van der Waals surface area contributed by atoms with Gasteiger partial charge in [0.2, 0.25) is 0 Å². The van der Waals surface area contributed by atoms with Crippen molar-refractivity contribution in [3.05, 3.63) is 121 Å². The molecule has 0 aliphatic heterocycles. The largest absolute Gasteiger partial charge is 0.103 e. The van der Waals surface area contributed by atoms with Crippen molar-refractivity contribution in [2.24, 2.45) is 0 Å². The summed E-state index contributed by atoms with van der Waals surface area (Å²) in [6, 6.07) is 47.3. The maximum Gasteiger partial charge on any atom is 0.103 e. The van der Waals surface area contributed by atoms with E-state index in [1.165, 1.54) is 153 Å². The lowest BCUT2D eigenvalue weighted by Crippen LogP contribution is -2.34. The molecule has 0 saturated heterocycles. The van der Waals surface area contributed by atoms with Crippen LogP contribution in [0.1, 0.15) is 142 Å². The zero-order chi connectivity index (χ0) is 36.4.